The number of fused-ring (bicyclic) bond motifs is 1. The van der Waals surface area contributed by atoms with Gasteiger partial charge in [-0.3, -0.25) is 9.98 Å². The minimum atomic E-state index is -0.201. The molecule has 1 aromatic rings. The van der Waals surface area contributed by atoms with Crippen LogP contribution < -0.4 is 5.73 Å². The molecule has 2 N–H and O–H groups in total. The van der Waals surface area contributed by atoms with Gasteiger partial charge in [0, 0.05) is 11.8 Å². The Morgan fingerprint density at radius 3 is 2.83 bits per heavy atom. The number of rotatable bonds is 0. The van der Waals surface area contributed by atoms with Gasteiger partial charge in [-0.15, -0.1) is 0 Å². The van der Waals surface area contributed by atoms with Crippen LogP contribution in [-0.2, 0) is 5.54 Å². The number of aliphatic imine (C=N–C) groups is 1. The second-order valence-corrected chi connectivity index (χ2v) is 3.46. The van der Waals surface area contributed by atoms with E-state index in [-0.39, 0.29) is 5.54 Å². The van der Waals surface area contributed by atoms with Gasteiger partial charge >= 0.3 is 0 Å². The Morgan fingerprint density at radius 1 is 1.42 bits per heavy atom. The van der Waals surface area contributed by atoms with E-state index in [1.54, 1.807) is 6.20 Å². The lowest BCUT2D eigenvalue weighted by Crippen LogP contribution is -2.11. The number of amidine groups is 1. The molecule has 2 heterocycles. The van der Waals surface area contributed by atoms with Gasteiger partial charge in [0.1, 0.15) is 11.5 Å². The second kappa shape index (κ2) is 2.06. The monoisotopic (exact) mass is 161 g/mol. The zero-order valence-electron chi connectivity index (χ0n) is 7.20. The topological polar surface area (TPSA) is 51.3 Å². The average molecular weight is 161 g/mol. The third-order valence-corrected chi connectivity index (χ3v) is 2.11. The highest BCUT2D eigenvalue weighted by Gasteiger charge is 2.30. The third kappa shape index (κ3) is 0.826. The fourth-order valence-electron chi connectivity index (χ4n) is 1.52. The minimum absolute atomic E-state index is 0.201. The zero-order chi connectivity index (χ0) is 8.77. The van der Waals surface area contributed by atoms with E-state index in [0.29, 0.717) is 5.84 Å². The maximum atomic E-state index is 5.71. The molecule has 62 valence electrons. The summed E-state index contributed by atoms with van der Waals surface area (Å²) in [6.07, 6.45) is 1.74. The summed E-state index contributed by atoms with van der Waals surface area (Å²) in [5.41, 5.74) is 7.46. The van der Waals surface area contributed by atoms with Gasteiger partial charge in [0.2, 0.25) is 0 Å². The predicted octanol–water partition coefficient (Wildman–Crippen LogP) is 1.04. The number of hydrogen-bond donors (Lipinski definition) is 1. The largest absolute Gasteiger partial charge is 0.382 e. The summed E-state index contributed by atoms with van der Waals surface area (Å²) in [7, 11) is 0. The SMILES string of the molecule is CC1(C)N=C(N)c2ncccc21. The third-order valence-electron chi connectivity index (χ3n) is 2.11. The molecule has 0 fully saturated rings. The molecule has 0 atom stereocenters. The summed E-state index contributed by atoms with van der Waals surface area (Å²) < 4.78 is 0. The van der Waals surface area contributed by atoms with E-state index in [1.807, 2.05) is 26.0 Å². The van der Waals surface area contributed by atoms with Crippen molar-refractivity contribution in [3.8, 4) is 0 Å². The molecule has 1 aromatic heterocycles. The Balaban J connectivity index is 2.68. The summed E-state index contributed by atoms with van der Waals surface area (Å²) in [6.45, 7) is 4.07. The Hall–Kier alpha value is -1.38. The standard InChI is InChI=1S/C9H11N3/c1-9(2)6-4-3-5-11-7(6)8(10)12-9/h3-5H,1-2H3,(H2,10,12). The molecule has 0 aliphatic carbocycles. The van der Waals surface area contributed by atoms with Crippen LogP contribution in [0.3, 0.4) is 0 Å². The van der Waals surface area contributed by atoms with Crippen molar-refractivity contribution >= 4 is 5.84 Å². The molecule has 0 saturated carbocycles. The van der Waals surface area contributed by atoms with Crippen LogP contribution in [0.2, 0.25) is 0 Å². The van der Waals surface area contributed by atoms with Crippen LogP contribution in [0.1, 0.15) is 25.1 Å². The van der Waals surface area contributed by atoms with Gasteiger partial charge in [0.25, 0.3) is 0 Å². The normalized spacial score (nSPS) is 18.7. The molecule has 1 aliphatic heterocycles. The number of aromatic nitrogens is 1. The van der Waals surface area contributed by atoms with Crippen LogP contribution in [0.15, 0.2) is 23.3 Å². The first-order valence-corrected chi connectivity index (χ1v) is 3.92. The molecule has 2 rings (SSSR count). The lowest BCUT2D eigenvalue weighted by molar-refractivity contribution is 0.570. The second-order valence-electron chi connectivity index (χ2n) is 3.46. The molecule has 0 aromatic carbocycles. The molecule has 0 amide bonds. The first-order valence-electron chi connectivity index (χ1n) is 3.92. The van der Waals surface area contributed by atoms with E-state index in [2.05, 4.69) is 9.98 Å². The van der Waals surface area contributed by atoms with Crippen molar-refractivity contribution in [3.63, 3.8) is 0 Å². The minimum Gasteiger partial charge on any atom is -0.382 e. The van der Waals surface area contributed by atoms with Crippen molar-refractivity contribution in [2.45, 2.75) is 19.4 Å². The number of hydrogen-bond acceptors (Lipinski definition) is 3. The van der Waals surface area contributed by atoms with E-state index in [9.17, 15) is 0 Å². The molecular formula is C9H11N3. The van der Waals surface area contributed by atoms with Gasteiger partial charge in [-0.25, -0.2) is 0 Å². The first kappa shape index (κ1) is 7.28. The van der Waals surface area contributed by atoms with Gasteiger partial charge in [0.05, 0.1) is 5.54 Å². The van der Waals surface area contributed by atoms with Crippen LogP contribution in [-0.4, -0.2) is 10.8 Å². The zero-order valence-corrected chi connectivity index (χ0v) is 7.20. The summed E-state index contributed by atoms with van der Waals surface area (Å²) in [5, 5.41) is 0. The fraction of sp³-hybridized carbons (Fsp3) is 0.333. The number of pyridine rings is 1. The highest BCUT2D eigenvalue weighted by molar-refractivity contribution is 6.00. The molecular weight excluding hydrogens is 150 g/mol. The lowest BCUT2D eigenvalue weighted by atomic mass is 9.97. The molecule has 0 saturated heterocycles. The van der Waals surface area contributed by atoms with E-state index in [0.717, 1.165) is 11.3 Å². The molecule has 0 bridgehead atoms. The predicted molar refractivity (Wildman–Crippen MR) is 48.0 cm³/mol. The van der Waals surface area contributed by atoms with Crippen molar-refractivity contribution in [1.29, 1.82) is 0 Å². The summed E-state index contributed by atoms with van der Waals surface area (Å²) in [6, 6.07) is 3.93. The van der Waals surface area contributed by atoms with Crippen molar-refractivity contribution < 1.29 is 0 Å². The van der Waals surface area contributed by atoms with Crippen molar-refractivity contribution in [2.24, 2.45) is 10.7 Å². The van der Waals surface area contributed by atoms with Gasteiger partial charge in [-0.05, 0) is 19.9 Å². The highest BCUT2D eigenvalue weighted by Crippen LogP contribution is 2.31. The first-order chi connectivity index (χ1) is 5.61. The average Bonchev–Trinajstić information content (AvgIpc) is 2.25. The molecule has 0 spiro atoms. The van der Waals surface area contributed by atoms with Gasteiger partial charge < -0.3 is 5.73 Å². The van der Waals surface area contributed by atoms with E-state index < -0.39 is 0 Å². The Kier molecular flexibility index (Phi) is 1.25. The van der Waals surface area contributed by atoms with Crippen LogP contribution in [0.5, 0.6) is 0 Å². The maximum Gasteiger partial charge on any atom is 0.145 e. The van der Waals surface area contributed by atoms with Crippen LogP contribution in [0, 0.1) is 0 Å². The Labute approximate surface area is 71.3 Å². The summed E-state index contributed by atoms with van der Waals surface area (Å²) in [4.78, 5) is 8.50. The molecule has 12 heavy (non-hydrogen) atoms. The van der Waals surface area contributed by atoms with Crippen molar-refractivity contribution in [2.75, 3.05) is 0 Å². The highest BCUT2D eigenvalue weighted by atomic mass is 15.0. The van der Waals surface area contributed by atoms with E-state index in [4.69, 9.17) is 5.73 Å². The summed E-state index contributed by atoms with van der Waals surface area (Å²) in [5.74, 6) is 0.551. The molecule has 3 heteroatoms. The molecule has 1 aliphatic rings. The fourth-order valence-corrected chi connectivity index (χ4v) is 1.52. The van der Waals surface area contributed by atoms with Gasteiger partial charge in [-0.2, -0.15) is 0 Å². The van der Waals surface area contributed by atoms with E-state index >= 15 is 0 Å². The van der Waals surface area contributed by atoms with Crippen LogP contribution in [0.25, 0.3) is 0 Å². The Morgan fingerprint density at radius 2 is 2.17 bits per heavy atom. The number of nitrogens with two attached hydrogens (primary N) is 1. The van der Waals surface area contributed by atoms with Crippen molar-refractivity contribution in [1.82, 2.24) is 4.98 Å². The van der Waals surface area contributed by atoms with Crippen LogP contribution in [0.4, 0.5) is 0 Å². The van der Waals surface area contributed by atoms with E-state index in [1.165, 1.54) is 0 Å². The number of nitrogens with zero attached hydrogens (tertiary/aromatic N) is 2. The van der Waals surface area contributed by atoms with Crippen molar-refractivity contribution in [3.05, 3.63) is 29.6 Å². The molecule has 3 nitrogen and oxygen atoms in total. The maximum absolute atomic E-state index is 5.71. The Bertz CT molecular complexity index is 353. The quantitative estimate of drug-likeness (QED) is 0.618. The van der Waals surface area contributed by atoms with Gasteiger partial charge in [-0.1, -0.05) is 6.07 Å². The lowest BCUT2D eigenvalue weighted by Gasteiger charge is -2.14. The molecule has 0 radical (unpaired) electrons. The van der Waals surface area contributed by atoms with Gasteiger partial charge in [0.15, 0.2) is 0 Å². The van der Waals surface area contributed by atoms with Crippen LogP contribution >= 0.6 is 0 Å². The smallest absolute Gasteiger partial charge is 0.145 e. The molecule has 0 unspecified atom stereocenters. The summed E-state index contributed by atoms with van der Waals surface area (Å²) >= 11 is 0.